The SMILES string of the molecule is CS(=O)(=O)CCSc1cccc(F)c1C(=N)N. The fourth-order valence-corrected chi connectivity index (χ4v) is 3.48. The van der Waals surface area contributed by atoms with E-state index in [9.17, 15) is 12.8 Å². The molecule has 0 fully saturated rings. The third-order valence-electron chi connectivity index (χ3n) is 1.96. The lowest BCUT2D eigenvalue weighted by Gasteiger charge is -2.08. The molecule has 0 radical (unpaired) electrons. The molecule has 0 unspecified atom stereocenters. The van der Waals surface area contributed by atoms with Crippen LogP contribution in [-0.4, -0.2) is 32.0 Å². The maximum Gasteiger partial charge on any atom is 0.148 e. The van der Waals surface area contributed by atoms with Crippen LogP contribution in [0.1, 0.15) is 5.56 Å². The van der Waals surface area contributed by atoms with Crippen molar-refractivity contribution in [1.29, 1.82) is 5.41 Å². The first-order chi connectivity index (χ1) is 7.81. The Morgan fingerprint density at radius 1 is 1.53 bits per heavy atom. The molecule has 0 atom stereocenters. The summed E-state index contributed by atoms with van der Waals surface area (Å²) in [4.78, 5) is 0.487. The van der Waals surface area contributed by atoms with E-state index in [0.29, 0.717) is 10.6 Å². The van der Waals surface area contributed by atoms with Crippen molar-refractivity contribution in [3.63, 3.8) is 0 Å². The van der Waals surface area contributed by atoms with Crippen molar-refractivity contribution in [2.75, 3.05) is 17.8 Å². The zero-order valence-corrected chi connectivity index (χ0v) is 10.9. The van der Waals surface area contributed by atoms with E-state index >= 15 is 0 Å². The van der Waals surface area contributed by atoms with Gasteiger partial charge >= 0.3 is 0 Å². The molecule has 0 spiro atoms. The van der Waals surface area contributed by atoms with Gasteiger partial charge in [0.1, 0.15) is 21.5 Å². The van der Waals surface area contributed by atoms with Crippen LogP contribution in [0.5, 0.6) is 0 Å². The summed E-state index contributed by atoms with van der Waals surface area (Å²) in [5.74, 6) is -0.611. The Morgan fingerprint density at radius 2 is 2.18 bits per heavy atom. The number of nitrogen functional groups attached to an aromatic ring is 1. The number of nitrogens with one attached hydrogen (secondary N) is 1. The molecule has 0 saturated heterocycles. The summed E-state index contributed by atoms with van der Waals surface area (Å²) in [5, 5.41) is 7.28. The Bertz CT molecular complexity index is 529. The quantitative estimate of drug-likeness (QED) is 0.481. The lowest BCUT2D eigenvalue weighted by Crippen LogP contribution is -2.15. The van der Waals surface area contributed by atoms with Crippen molar-refractivity contribution in [1.82, 2.24) is 0 Å². The van der Waals surface area contributed by atoms with Gasteiger partial charge in [0.2, 0.25) is 0 Å². The van der Waals surface area contributed by atoms with Gasteiger partial charge in [0.05, 0.1) is 11.3 Å². The molecule has 17 heavy (non-hydrogen) atoms. The second-order valence-electron chi connectivity index (χ2n) is 3.50. The van der Waals surface area contributed by atoms with Crippen LogP contribution in [0.2, 0.25) is 0 Å². The van der Waals surface area contributed by atoms with E-state index < -0.39 is 15.7 Å². The van der Waals surface area contributed by atoms with Crippen LogP contribution in [0.4, 0.5) is 4.39 Å². The molecule has 0 bridgehead atoms. The van der Waals surface area contributed by atoms with Gasteiger partial charge in [-0.1, -0.05) is 6.07 Å². The molecule has 1 aromatic carbocycles. The summed E-state index contributed by atoms with van der Waals surface area (Å²) < 4.78 is 35.3. The molecule has 0 amide bonds. The summed E-state index contributed by atoms with van der Waals surface area (Å²) in [7, 11) is -3.04. The van der Waals surface area contributed by atoms with E-state index in [1.54, 1.807) is 6.07 Å². The van der Waals surface area contributed by atoms with Crippen molar-refractivity contribution >= 4 is 27.4 Å². The van der Waals surface area contributed by atoms with E-state index in [2.05, 4.69) is 0 Å². The minimum absolute atomic E-state index is 0.00548. The van der Waals surface area contributed by atoms with Gasteiger partial charge in [-0.2, -0.15) is 0 Å². The molecule has 94 valence electrons. The number of hydrogen-bond donors (Lipinski definition) is 2. The molecule has 3 N–H and O–H groups in total. The Kier molecular flexibility index (Phi) is 4.53. The highest BCUT2D eigenvalue weighted by Gasteiger charge is 2.12. The summed E-state index contributed by atoms with van der Waals surface area (Å²) in [6, 6.07) is 4.34. The topological polar surface area (TPSA) is 84.0 Å². The van der Waals surface area contributed by atoms with E-state index in [4.69, 9.17) is 11.1 Å². The van der Waals surface area contributed by atoms with Crippen molar-refractivity contribution in [3.05, 3.63) is 29.6 Å². The molecule has 0 aliphatic rings. The molecule has 0 saturated carbocycles. The number of rotatable bonds is 5. The Hall–Kier alpha value is -1.08. The maximum atomic E-state index is 13.4. The first-order valence-electron chi connectivity index (χ1n) is 4.74. The Morgan fingerprint density at radius 3 is 2.71 bits per heavy atom. The van der Waals surface area contributed by atoms with Crippen LogP contribution in [-0.2, 0) is 9.84 Å². The molecule has 7 heteroatoms. The lowest BCUT2D eigenvalue weighted by atomic mass is 10.2. The Labute approximate surface area is 104 Å². The van der Waals surface area contributed by atoms with E-state index in [1.165, 1.54) is 23.9 Å². The van der Waals surface area contributed by atoms with Gasteiger partial charge in [0, 0.05) is 16.9 Å². The van der Waals surface area contributed by atoms with Gasteiger partial charge in [0.15, 0.2) is 0 Å². The second-order valence-corrected chi connectivity index (χ2v) is 6.90. The summed E-state index contributed by atoms with van der Waals surface area (Å²) in [5.41, 5.74) is 5.32. The van der Waals surface area contributed by atoms with Gasteiger partial charge in [-0.25, -0.2) is 12.8 Å². The number of halogens is 1. The minimum atomic E-state index is -3.04. The van der Waals surface area contributed by atoms with Gasteiger partial charge in [-0.05, 0) is 12.1 Å². The number of sulfone groups is 1. The summed E-state index contributed by atoms with van der Waals surface area (Å²) >= 11 is 1.18. The largest absolute Gasteiger partial charge is 0.384 e. The first-order valence-corrected chi connectivity index (χ1v) is 7.79. The fraction of sp³-hybridized carbons (Fsp3) is 0.300. The zero-order chi connectivity index (χ0) is 13.1. The van der Waals surface area contributed by atoms with Gasteiger partial charge in [0.25, 0.3) is 0 Å². The monoisotopic (exact) mass is 276 g/mol. The predicted molar refractivity (Wildman–Crippen MR) is 67.9 cm³/mol. The fourth-order valence-electron chi connectivity index (χ4n) is 1.19. The molecule has 1 rings (SSSR count). The van der Waals surface area contributed by atoms with Gasteiger partial charge in [-0.15, -0.1) is 11.8 Å². The Balaban J connectivity index is 2.85. The normalized spacial score (nSPS) is 11.4. The summed E-state index contributed by atoms with van der Waals surface area (Å²) in [6.45, 7) is 0. The van der Waals surface area contributed by atoms with Crippen LogP contribution in [0.25, 0.3) is 0 Å². The average molecular weight is 276 g/mol. The molecule has 1 aromatic rings. The number of amidine groups is 1. The van der Waals surface area contributed by atoms with Gasteiger partial charge in [-0.3, -0.25) is 5.41 Å². The lowest BCUT2D eigenvalue weighted by molar-refractivity contribution is 0.603. The zero-order valence-electron chi connectivity index (χ0n) is 9.23. The minimum Gasteiger partial charge on any atom is -0.384 e. The number of nitrogens with two attached hydrogens (primary N) is 1. The van der Waals surface area contributed by atoms with Crippen molar-refractivity contribution < 1.29 is 12.8 Å². The van der Waals surface area contributed by atoms with Crippen LogP contribution in [0.3, 0.4) is 0 Å². The molecule has 0 aliphatic heterocycles. The maximum absolute atomic E-state index is 13.4. The average Bonchev–Trinajstić information content (AvgIpc) is 2.14. The van der Waals surface area contributed by atoms with Crippen LogP contribution >= 0.6 is 11.8 Å². The highest BCUT2D eigenvalue weighted by Crippen LogP contribution is 2.24. The highest BCUT2D eigenvalue weighted by molar-refractivity contribution is 8.00. The number of thioether (sulfide) groups is 1. The standard InChI is InChI=1S/C10H13FN2O2S2/c1-17(14,15)6-5-16-8-4-2-3-7(11)9(8)10(12)13/h2-4H,5-6H2,1H3,(H3,12,13). The van der Waals surface area contributed by atoms with Crippen LogP contribution in [0, 0.1) is 11.2 Å². The molecule has 0 heterocycles. The van der Waals surface area contributed by atoms with Crippen molar-refractivity contribution in [3.8, 4) is 0 Å². The molecule has 0 aromatic heterocycles. The van der Waals surface area contributed by atoms with E-state index in [0.717, 1.165) is 6.26 Å². The van der Waals surface area contributed by atoms with Crippen molar-refractivity contribution in [2.45, 2.75) is 4.90 Å². The molecule has 4 nitrogen and oxygen atoms in total. The smallest absolute Gasteiger partial charge is 0.148 e. The number of hydrogen-bond acceptors (Lipinski definition) is 4. The van der Waals surface area contributed by atoms with Crippen LogP contribution in [0.15, 0.2) is 23.1 Å². The second kappa shape index (κ2) is 5.50. The van der Waals surface area contributed by atoms with E-state index in [1.807, 2.05) is 0 Å². The summed E-state index contributed by atoms with van der Waals surface area (Å²) in [6.07, 6.45) is 1.14. The highest BCUT2D eigenvalue weighted by atomic mass is 32.2. The molecular formula is C10H13FN2O2S2. The third-order valence-corrected chi connectivity index (χ3v) is 4.22. The van der Waals surface area contributed by atoms with Gasteiger partial charge < -0.3 is 5.73 Å². The number of benzene rings is 1. The van der Waals surface area contributed by atoms with Crippen molar-refractivity contribution in [2.24, 2.45) is 5.73 Å². The van der Waals surface area contributed by atoms with Crippen LogP contribution < -0.4 is 5.73 Å². The predicted octanol–water partition coefficient (Wildman–Crippen LogP) is 1.25. The van der Waals surface area contributed by atoms with E-state index in [-0.39, 0.29) is 17.2 Å². The molecule has 0 aliphatic carbocycles. The third kappa shape index (κ3) is 4.35. The first kappa shape index (κ1) is 14.0. The molecular weight excluding hydrogens is 263 g/mol.